The highest BCUT2D eigenvalue weighted by Gasteiger charge is 2.15. The van der Waals surface area contributed by atoms with E-state index in [0.29, 0.717) is 6.42 Å². The SMILES string of the molecule is CCCC(O)C[C@H](N)C(=O)O. The predicted octanol–water partition coefficient (Wildman–Crippen LogP) is -0.0506. The zero-order chi connectivity index (χ0) is 8.85. The molecule has 0 aliphatic rings. The van der Waals surface area contributed by atoms with Crippen molar-refractivity contribution in [3.05, 3.63) is 0 Å². The summed E-state index contributed by atoms with van der Waals surface area (Å²) in [5.74, 6) is -1.06. The Morgan fingerprint density at radius 2 is 2.18 bits per heavy atom. The molecule has 0 saturated carbocycles. The standard InChI is InChI=1S/C7H15NO3/c1-2-3-5(9)4-6(8)7(10)11/h5-6,9H,2-4,8H2,1H3,(H,10,11)/t5?,6-/m0/s1. The lowest BCUT2D eigenvalue weighted by molar-refractivity contribution is -0.139. The quantitative estimate of drug-likeness (QED) is 0.528. The number of aliphatic carboxylic acids is 1. The van der Waals surface area contributed by atoms with Crippen molar-refractivity contribution < 1.29 is 15.0 Å². The maximum absolute atomic E-state index is 10.2. The fourth-order valence-electron chi connectivity index (χ4n) is 0.845. The Morgan fingerprint density at radius 1 is 1.64 bits per heavy atom. The lowest BCUT2D eigenvalue weighted by atomic mass is 10.1. The molecule has 0 aromatic rings. The maximum Gasteiger partial charge on any atom is 0.320 e. The summed E-state index contributed by atoms with van der Waals surface area (Å²) in [5, 5.41) is 17.5. The predicted molar refractivity (Wildman–Crippen MR) is 41.1 cm³/mol. The minimum Gasteiger partial charge on any atom is -0.480 e. The topological polar surface area (TPSA) is 83.5 Å². The molecule has 0 aromatic heterocycles. The molecular formula is C7H15NO3. The van der Waals surface area contributed by atoms with Gasteiger partial charge in [-0.3, -0.25) is 4.79 Å². The summed E-state index contributed by atoms with van der Waals surface area (Å²) >= 11 is 0. The van der Waals surface area contributed by atoms with Crippen LogP contribution in [0.3, 0.4) is 0 Å². The molecular weight excluding hydrogens is 146 g/mol. The van der Waals surface area contributed by atoms with Crippen molar-refractivity contribution >= 4 is 5.97 Å². The second-order valence-electron chi connectivity index (χ2n) is 2.62. The molecule has 0 aromatic carbocycles. The molecule has 4 heteroatoms. The van der Waals surface area contributed by atoms with Crippen molar-refractivity contribution in [2.45, 2.75) is 38.3 Å². The van der Waals surface area contributed by atoms with E-state index in [1.54, 1.807) is 0 Å². The van der Waals surface area contributed by atoms with Crippen LogP contribution in [-0.4, -0.2) is 28.3 Å². The number of rotatable bonds is 5. The fourth-order valence-corrected chi connectivity index (χ4v) is 0.845. The molecule has 0 amide bonds. The third kappa shape index (κ3) is 4.75. The van der Waals surface area contributed by atoms with E-state index in [4.69, 9.17) is 15.9 Å². The molecule has 0 rings (SSSR count). The van der Waals surface area contributed by atoms with Crippen LogP contribution >= 0.6 is 0 Å². The van der Waals surface area contributed by atoms with Gasteiger partial charge in [0.05, 0.1) is 6.10 Å². The van der Waals surface area contributed by atoms with E-state index < -0.39 is 18.1 Å². The molecule has 0 radical (unpaired) electrons. The van der Waals surface area contributed by atoms with Crippen LogP contribution in [0.1, 0.15) is 26.2 Å². The number of carbonyl (C=O) groups is 1. The number of nitrogens with two attached hydrogens (primary N) is 1. The molecule has 2 atom stereocenters. The highest BCUT2D eigenvalue weighted by molar-refractivity contribution is 5.73. The maximum atomic E-state index is 10.2. The summed E-state index contributed by atoms with van der Waals surface area (Å²) in [6, 6.07) is -0.934. The van der Waals surface area contributed by atoms with E-state index in [9.17, 15) is 4.79 Å². The van der Waals surface area contributed by atoms with Crippen LogP contribution in [0.4, 0.5) is 0 Å². The largest absolute Gasteiger partial charge is 0.480 e. The van der Waals surface area contributed by atoms with Gasteiger partial charge in [0.25, 0.3) is 0 Å². The zero-order valence-corrected chi connectivity index (χ0v) is 6.66. The summed E-state index contributed by atoms with van der Waals surface area (Å²) in [4.78, 5) is 10.2. The van der Waals surface area contributed by atoms with Crippen LogP contribution in [0.2, 0.25) is 0 Å². The monoisotopic (exact) mass is 161 g/mol. The smallest absolute Gasteiger partial charge is 0.320 e. The Labute approximate surface area is 66.0 Å². The second-order valence-corrected chi connectivity index (χ2v) is 2.62. The van der Waals surface area contributed by atoms with Crippen molar-refractivity contribution in [3.63, 3.8) is 0 Å². The van der Waals surface area contributed by atoms with Gasteiger partial charge in [-0.25, -0.2) is 0 Å². The minimum atomic E-state index is -1.06. The van der Waals surface area contributed by atoms with Crippen molar-refractivity contribution in [3.8, 4) is 0 Å². The molecule has 4 N–H and O–H groups in total. The molecule has 0 aliphatic heterocycles. The van der Waals surface area contributed by atoms with Crippen LogP contribution in [0.5, 0.6) is 0 Å². The first-order valence-corrected chi connectivity index (χ1v) is 3.74. The number of carboxylic acids is 1. The van der Waals surface area contributed by atoms with Crippen molar-refractivity contribution in [1.29, 1.82) is 0 Å². The third-order valence-electron chi connectivity index (χ3n) is 1.47. The first-order valence-electron chi connectivity index (χ1n) is 3.74. The molecule has 0 fully saturated rings. The summed E-state index contributed by atoms with van der Waals surface area (Å²) in [7, 11) is 0. The van der Waals surface area contributed by atoms with Crippen LogP contribution in [0, 0.1) is 0 Å². The van der Waals surface area contributed by atoms with E-state index in [0.717, 1.165) is 6.42 Å². The Morgan fingerprint density at radius 3 is 2.55 bits per heavy atom. The van der Waals surface area contributed by atoms with Crippen LogP contribution in [0.15, 0.2) is 0 Å². The summed E-state index contributed by atoms with van der Waals surface area (Å²) in [5.41, 5.74) is 5.19. The highest BCUT2D eigenvalue weighted by Crippen LogP contribution is 2.03. The van der Waals surface area contributed by atoms with Gasteiger partial charge in [-0.05, 0) is 12.8 Å². The summed E-state index contributed by atoms with van der Waals surface area (Å²) in [6.07, 6.45) is 1.02. The summed E-state index contributed by atoms with van der Waals surface area (Å²) in [6.45, 7) is 1.93. The van der Waals surface area contributed by atoms with Crippen molar-refractivity contribution in [1.82, 2.24) is 0 Å². The van der Waals surface area contributed by atoms with Gasteiger partial charge in [-0.1, -0.05) is 13.3 Å². The molecule has 11 heavy (non-hydrogen) atoms. The Bertz CT molecular complexity index is 127. The average molecular weight is 161 g/mol. The van der Waals surface area contributed by atoms with E-state index >= 15 is 0 Å². The van der Waals surface area contributed by atoms with Crippen LogP contribution in [-0.2, 0) is 4.79 Å². The lowest BCUT2D eigenvalue weighted by Crippen LogP contribution is -2.33. The van der Waals surface area contributed by atoms with Gasteiger partial charge in [0.1, 0.15) is 6.04 Å². The second kappa shape index (κ2) is 5.09. The van der Waals surface area contributed by atoms with Gasteiger partial charge in [0, 0.05) is 0 Å². The fraction of sp³-hybridized carbons (Fsp3) is 0.857. The molecule has 0 aliphatic carbocycles. The van der Waals surface area contributed by atoms with Crippen LogP contribution in [0.25, 0.3) is 0 Å². The van der Waals surface area contributed by atoms with Gasteiger partial charge < -0.3 is 15.9 Å². The molecule has 0 bridgehead atoms. The van der Waals surface area contributed by atoms with Gasteiger partial charge in [0.15, 0.2) is 0 Å². The van der Waals surface area contributed by atoms with Crippen molar-refractivity contribution in [2.75, 3.05) is 0 Å². The number of hydrogen-bond acceptors (Lipinski definition) is 3. The van der Waals surface area contributed by atoms with Gasteiger partial charge in [0.2, 0.25) is 0 Å². The van der Waals surface area contributed by atoms with E-state index in [2.05, 4.69) is 0 Å². The van der Waals surface area contributed by atoms with Crippen molar-refractivity contribution in [2.24, 2.45) is 5.73 Å². The third-order valence-corrected chi connectivity index (χ3v) is 1.47. The molecule has 0 heterocycles. The molecule has 1 unspecified atom stereocenters. The lowest BCUT2D eigenvalue weighted by Gasteiger charge is -2.11. The first kappa shape index (κ1) is 10.4. The number of aliphatic hydroxyl groups is 1. The van der Waals surface area contributed by atoms with Gasteiger partial charge >= 0.3 is 5.97 Å². The van der Waals surface area contributed by atoms with E-state index in [-0.39, 0.29) is 6.42 Å². The minimum absolute atomic E-state index is 0.142. The Kier molecular flexibility index (Phi) is 4.81. The Balaban J connectivity index is 3.56. The van der Waals surface area contributed by atoms with E-state index in [1.807, 2.05) is 6.92 Å². The number of aliphatic hydroxyl groups excluding tert-OH is 1. The van der Waals surface area contributed by atoms with Crippen LogP contribution < -0.4 is 5.73 Å². The molecule has 4 nitrogen and oxygen atoms in total. The summed E-state index contributed by atoms with van der Waals surface area (Å²) < 4.78 is 0. The molecule has 66 valence electrons. The number of carboxylic acid groups (broad SMARTS) is 1. The van der Waals surface area contributed by atoms with Gasteiger partial charge in [-0.2, -0.15) is 0 Å². The highest BCUT2D eigenvalue weighted by atomic mass is 16.4. The normalized spacial score (nSPS) is 15.9. The molecule has 0 saturated heterocycles. The van der Waals surface area contributed by atoms with E-state index in [1.165, 1.54) is 0 Å². The van der Waals surface area contributed by atoms with Gasteiger partial charge in [-0.15, -0.1) is 0 Å². The average Bonchev–Trinajstić information content (AvgIpc) is 1.87. The zero-order valence-electron chi connectivity index (χ0n) is 6.66. The Hall–Kier alpha value is -0.610. The molecule has 0 spiro atoms. The number of hydrogen-bond donors (Lipinski definition) is 3. The first-order chi connectivity index (χ1) is 5.07.